The van der Waals surface area contributed by atoms with Crippen molar-refractivity contribution in [1.82, 2.24) is 4.90 Å². The summed E-state index contributed by atoms with van der Waals surface area (Å²) in [6, 6.07) is 8.95. The zero-order valence-corrected chi connectivity index (χ0v) is 17.2. The highest BCUT2D eigenvalue weighted by Gasteiger charge is 2.38. The molecule has 30 heavy (non-hydrogen) atoms. The molecule has 0 saturated carbocycles. The van der Waals surface area contributed by atoms with Gasteiger partial charge >= 0.3 is 11.9 Å². The van der Waals surface area contributed by atoms with Crippen LogP contribution in [0.4, 0.5) is 5.69 Å². The second-order valence-electron chi connectivity index (χ2n) is 7.12. The van der Waals surface area contributed by atoms with Crippen LogP contribution in [0.5, 0.6) is 0 Å². The number of rotatable bonds is 6. The maximum atomic E-state index is 13.2. The van der Waals surface area contributed by atoms with Crippen LogP contribution in [0.1, 0.15) is 32.3 Å². The van der Waals surface area contributed by atoms with E-state index in [9.17, 15) is 19.6 Å². The summed E-state index contributed by atoms with van der Waals surface area (Å²) in [5, 5.41) is 9.53. The zero-order chi connectivity index (χ0) is 21.7. The third kappa shape index (κ3) is 4.21. The second-order valence-corrected chi connectivity index (χ2v) is 7.12. The fourth-order valence-electron chi connectivity index (χ4n) is 3.84. The Morgan fingerprint density at radius 3 is 2.43 bits per heavy atom. The van der Waals surface area contributed by atoms with Crippen molar-refractivity contribution in [1.29, 1.82) is 5.26 Å². The maximum absolute atomic E-state index is 13.2. The summed E-state index contributed by atoms with van der Waals surface area (Å²) >= 11 is 0. The van der Waals surface area contributed by atoms with Gasteiger partial charge in [0.1, 0.15) is 6.07 Å². The van der Waals surface area contributed by atoms with Crippen LogP contribution in [0.15, 0.2) is 29.8 Å². The third-order valence-electron chi connectivity index (χ3n) is 5.31. The highest BCUT2D eigenvalue weighted by atomic mass is 16.5. The quantitative estimate of drug-likeness (QED) is 0.401. The number of hydrogen-bond acceptors (Lipinski definition) is 7. The van der Waals surface area contributed by atoms with E-state index in [0.717, 1.165) is 0 Å². The van der Waals surface area contributed by atoms with Crippen LogP contribution in [0, 0.1) is 17.2 Å². The first kappa shape index (κ1) is 21.5. The molecule has 1 fully saturated rings. The largest absolute Gasteiger partial charge is 0.466 e. The van der Waals surface area contributed by atoms with Gasteiger partial charge in [-0.15, -0.1) is 0 Å². The van der Waals surface area contributed by atoms with E-state index in [4.69, 9.17) is 9.47 Å². The molecule has 0 unspecified atom stereocenters. The van der Waals surface area contributed by atoms with E-state index in [1.54, 1.807) is 36.9 Å². The van der Waals surface area contributed by atoms with E-state index >= 15 is 0 Å². The van der Waals surface area contributed by atoms with Crippen molar-refractivity contribution >= 4 is 29.1 Å². The fraction of sp³-hybridized carbons (Fsp3) is 0.455. The van der Waals surface area contributed by atoms with Gasteiger partial charge in [-0.2, -0.15) is 5.26 Å². The first-order valence-electron chi connectivity index (χ1n) is 10.1. The van der Waals surface area contributed by atoms with E-state index in [-0.39, 0.29) is 29.6 Å². The summed E-state index contributed by atoms with van der Waals surface area (Å²) in [7, 11) is 0. The Morgan fingerprint density at radius 2 is 1.80 bits per heavy atom. The fourth-order valence-corrected chi connectivity index (χ4v) is 3.84. The smallest absolute Gasteiger partial charge is 0.349 e. The van der Waals surface area contributed by atoms with E-state index < -0.39 is 11.9 Å². The summed E-state index contributed by atoms with van der Waals surface area (Å²) in [4.78, 5) is 41.1. The molecule has 0 radical (unpaired) electrons. The SMILES string of the molecule is CCOC(=O)/C(C#N)=C1\C(=O)N(CN2CCC(C(=O)OCC)CC2)c2ccccc21. The van der Waals surface area contributed by atoms with Crippen LogP contribution < -0.4 is 4.90 Å². The van der Waals surface area contributed by atoms with Crippen molar-refractivity contribution in [2.24, 2.45) is 5.92 Å². The number of para-hydroxylation sites is 1. The Balaban J connectivity index is 1.81. The zero-order valence-electron chi connectivity index (χ0n) is 17.2. The number of carbonyl (C=O) groups is 3. The minimum Gasteiger partial charge on any atom is -0.466 e. The molecule has 2 aliphatic rings. The molecule has 1 saturated heterocycles. The number of anilines is 1. The molecule has 2 aliphatic heterocycles. The van der Waals surface area contributed by atoms with Gasteiger partial charge in [0.2, 0.25) is 0 Å². The number of hydrogen-bond donors (Lipinski definition) is 0. The monoisotopic (exact) mass is 411 g/mol. The Bertz CT molecular complexity index is 910. The van der Waals surface area contributed by atoms with E-state index in [2.05, 4.69) is 4.90 Å². The third-order valence-corrected chi connectivity index (χ3v) is 5.31. The Labute approximate surface area is 175 Å². The van der Waals surface area contributed by atoms with Crippen molar-refractivity contribution < 1.29 is 23.9 Å². The number of ether oxygens (including phenoxy) is 2. The first-order valence-corrected chi connectivity index (χ1v) is 10.1. The summed E-state index contributed by atoms with van der Waals surface area (Å²) in [5.74, 6) is -1.48. The summed E-state index contributed by atoms with van der Waals surface area (Å²) in [6.45, 7) is 5.54. The minimum absolute atomic E-state index is 0.0768. The van der Waals surface area contributed by atoms with Gasteiger partial charge in [-0.1, -0.05) is 18.2 Å². The molecular formula is C22H25N3O5. The molecule has 1 amide bonds. The number of carbonyl (C=O) groups excluding carboxylic acids is 3. The van der Waals surface area contributed by atoms with Crippen LogP contribution in [0.25, 0.3) is 5.57 Å². The van der Waals surface area contributed by atoms with Crippen LogP contribution in [0.2, 0.25) is 0 Å². The predicted octanol–water partition coefficient (Wildman–Crippen LogP) is 2.11. The molecule has 8 nitrogen and oxygen atoms in total. The number of fused-ring (bicyclic) bond motifs is 1. The molecule has 2 heterocycles. The van der Waals surface area contributed by atoms with Crippen molar-refractivity contribution in [3.8, 4) is 6.07 Å². The number of nitriles is 1. The number of nitrogens with zero attached hydrogens (tertiary/aromatic N) is 3. The number of amides is 1. The van der Waals surface area contributed by atoms with Gasteiger partial charge in [0.05, 0.1) is 37.1 Å². The molecule has 1 aromatic carbocycles. The van der Waals surface area contributed by atoms with Crippen molar-refractivity contribution in [2.45, 2.75) is 26.7 Å². The van der Waals surface area contributed by atoms with Gasteiger partial charge in [-0.3, -0.25) is 19.4 Å². The van der Waals surface area contributed by atoms with Gasteiger partial charge in [0, 0.05) is 18.7 Å². The molecular weight excluding hydrogens is 386 g/mol. The molecule has 0 atom stereocenters. The standard InChI is InChI=1S/C22H25N3O5/c1-3-29-21(27)15-9-11-24(12-10-15)14-25-18-8-6-5-7-16(18)19(20(25)26)17(13-23)22(28)30-4-2/h5-8,15H,3-4,9-12,14H2,1-2H3/b19-17-. The Hall–Kier alpha value is -3.18. The lowest BCUT2D eigenvalue weighted by Crippen LogP contribution is -2.44. The predicted molar refractivity (Wildman–Crippen MR) is 109 cm³/mol. The number of benzene rings is 1. The summed E-state index contributed by atoms with van der Waals surface area (Å²) in [5.41, 5.74) is 1.00. The Morgan fingerprint density at radius 1 is 1.13 bits per heavy atom. The summed E-state index contributed by atoms with van der Waals surface area (Å²) < 4.78 is 10.1. The van der Waals surface area contributed by atoms with E-state index in [1.807, 2.05) is 12.1 Å². The van der Waals surface area contributed by atoms with Gasteiger partial charge in [-0.25, -0.2) is 4.79 Å². The lowest BCUT2D eigenvalue weighted by Gasteiger charge is -2.33. The minimum atomic E-state index is -0.796. The number of piperidine rings is 1. The average molecular weight is 411 g/mol. The van der Waals surface area contributed by atoms with E-state index in [1.165, 1.54) is 0 Å². The van der Waals surface area contributed by atoms with Gasteiger partial charge < -0.3 is 9.47 Å². The average Bonchev–Trinajstić information content (AvgIpc) is 3.02. The topological polar surface area (TPSA) is 99.9 Å². The normalized spacial score (nSPS) is 18.6. The highest BCUT2D eigenvalue weighted by molar-refractivity contribution is 6.36. The molecule has 0 bridgehead atoms. The van der Waals surface area contributed by atoms with Gasteiger partial charge in [0.15, 0.2) is 5.57 Å². The van der Waals surface area contributed by atoms with E-state index in [0.29, 0.717) is 50.5 Å². The molecule has 0 spiro atoms. The van der Waals surface area contributed by atoms with Crippen molar-refractivity contribution in [3.63, 3.8) is 0 Å². The van der Waals surface area contributed by atoms with Crippen LogP contribution in [0.3, 0.4) is 0 Å². The Kier molecular flexibility index (Phi) is 6.85. The van der Waals surface area contributed by atoms with Crippen molar-refractivity contribution in [2.75, 3.05) is 37.9 Å². The van der Waals surface area contributed by atoms with Gasteiger partial charge in [0.25, 0.3) is 5.91 Å². The van der Waals surface area contributed by atoms with Crippen LogP contribution >= 0.6 is 0 Å². The maximum Gasteiger partial charge on any atom is 0.349 e. The van der Waals surface area contributed by atoms with Crippen molar-refractivity contribution in [3.05, 3.63) is 35.4 Å². The second kappa shape index (κ2) is 9.55. The number of esters is 2. The molecule has 0 N–H and O–H groups in total. The van der Waals surface area contributed by atoms with Crippen LogP contribution in [-0.4, -0.2) is 55.7 Å². The molecule has 158 valence electrons. The van der Waals surface area contributed by atoms with Crippen LogP contribution in [-0.2, 0) is 23.9 Å². The molecule has 0 aliphatic carbocycles. The molecule has 8 heteroatoms. The van der Waals surface area contributed by atoms with Gasteiger partial charge in [-0.05, 0) is 32.8 Å². The molecule has 1 aromatic rings. The molecule has 3 rings (SSSR count). The first-order chi connectivity index (χ1) is 14.5. The summed E-state index contributed by atoms with van der Waals surface area (Å²) in [6.07, 6.45) is 1.33. The lowest BCUT2D eigenvalue weighted by atomic mass is 9.97. The highest BCUT2D eigenvalue weighted by Crippen LogP contribution is 2.38. The number of likely N-dealkylation sites (tertiary alicyclic amines) is 1. The molecule has 0 aromatic heterocycles. The lowest BCUT2D eigenvalue weighted by molar-refractivity contribution is -0.149.